The van der Waals surface area contributed by atoms with Gasteiger partial charge in [0.1, 0.15) is 0 Å². The van der Waals surface area contributed by atoms with Crippen LogP contribution in [0.5, 0.6) is 0 Å². The Hall–Kier alpha value is -1.36. The highest BCUT2D eigenvalue weighted by molar-refractivity contribution is 4.82. The number of rotatable bonds is 5. The van der Waals surface area contributed by atoms with Gasteiger partial charge in [0, 0.05) is 18.8 Å². The number of hydrogen-bond donors (Lipinski definition) is 2. The second kappa shape index (κ2) is 5.39. The molecule has 0 aromatic carbocycles. The lowest BCUT2D eigenvalue weighted by molar-refractivity contribution is 0.567. The van der Waals surface area contributed by atoms with Crippen LogP contribution < -0.4 is 16.6 Å². The maximum atomic E-state index is 11.2. The highest BCUT2D eigenvalue weighted by Crippen LogP contribution is 1.89. The van der Waals surface area contributed by atoms with E-state index in [-0.39, 0.29) is 11.2 Å². The average Bonchev–Trinajstić information content (AvgIpc) is 2.15. The second-order valence-corrected chi connectivity index (χ2v) is 3.11. The molecule has 0 aliphatic rings. The summed E-state index contributed by atoms with van der Waals surface area (Å²) in [6.07, 6.45) is 3.47. The lowest BCUT2D eigenvalue weighted by Crippen LogP contribution is -2.28. The minimum absolute atomic E-state index is 0.332. The Morgan fingerprint density at radius 2 is 2.21 bits per heavy atom. The molecule has 0 spiro atoms. The van der Waals surface area contributed by atoms with Crippen LogP contribution in [0.3, 0.4) is 0 Å². The predicted octanol–water partition coefficient (Wildman–Crippen LogP) is -0.464. The van der Waals surface area contributed by atoms with Gasteiger partial charge in [-0.25, -0.2) is 4.79 Å². The molecule has 1 rings (SSSR count). The molecule has 0 fully saturated rings. The quantitative estimate of drug-likeness (QED) is 0.627. The number of aromatic nitrogens is 2. The van der Waals surface area contributed by atoms with Crippen LogP contribution in [0.1, 0.15) is 12.8 Å². The zero-order chi connectivity index (χ0) is 10.4. The number of nitrogens with zero attached hydrogens (tertiary/aromatic N) is 1. The molecular formula is C9H15N3O2. The van der Waals surface area contributed by atoms with Crippen LogP contribution in [0, 0.1) is 0 Å². The molecule has 1 aromatic rings. The number of aromatic amines is 1. The normalized spacial score (nSPS) is 10.4. The molecule has 0 amide bonds. The van der Waals surface area contributed by atoms with E-state index in [2.05, 4.69) is 10.3 Å². The van der Waals surface area contributed by atoms with E-state index in [4.69, 9.17) is 0 Å². The second-order valence-electron chi connectivity index (χ2n) is 3.11. The summed E-state index contributed by atoms with van der Waals surface area (Å²) >= 11 is 0. The van der Waals surface area contributed by atoms with Crippen LogP contribution in [0.2, 0.25) is 0 Å². The predicted molar refractivity (Wildman–Crippen MR) is 54.5 cm³/mol. The standard InChI is InChI=1S/C9H15N3O2/c1-10-5-2-3-6-12-7-4-8(13)11-9(12)14/h4,7,10H,2-3,5-6H2,1H3,(H,11,13,14). The Bertz CT molecular complexity index is 380. The molecule has 0 saturated heterocycles. The van der Waals surface area contributed by atoms with E-state index in [0.717, 1.165) is 19.4 Å². The van der Waals surface area contributed by atoms with E-state index in [1.807, 2.05) is 7.05 Å². The van der Waals surface area contributed by atoms with E-state index < -0.39 is 0 Å². The van der Waals surface area contributed by atoms with E-state index in [9.17, 15) is 9.59 Å². The Kier molecular flexibility index (Phi) is 4.12. The summed E-state index contributed by atoms with van der Waals surface area (Å²) in [6, 6.07) is 1.36. The molecule has 0 aliphatic carbocycles. The first kappa shape index (κ1) is 10.7. The molecule has 0 saturated carbocycles. The number of aryl methyl sites for hydroxylation is 1. The fourth-order valence-electron chi connectivity index (χ4n) is 1.20. The van der Waals surface area contributed by atoms with Crippen molar-refractivity contribution in [1.29, 1.82) is 0 Å². The Balaban J connectivity index is 2.51. The maximum Gasteiger partial charge on any atom is 0.328 e. The van der Waals surface area contributed by atoms with Gasteiger partial charge in [0.2, 0.25) is 0 Å². The molecule has 0 unspecified atom stereocenters. The number of nitrogens with one attached hydrogen (secondary N) is 2. The van der Waals surface area contributed by atoms with Gasteiger partial charge >= 0.3 is 5.69 Å². The molecule has 14 heavy (non-hydrogen) atoms. The number of hydrogen-bond acceptors (Lipinski definition) is 3. The van der Waals surface area contributed by atoms with Gasteiger partial charge in [-0.3, -0.25) is 9.78 Å². The Morgan fingerprint density at radius 1 is 1.43 bits per heavy atom. The summed E-state index contributed by atoms with van der Waals surface area (Å²) in [5.41, 5.74) is -0.677. The summed E-state index contributed by atoms with van der Waals surface area (Å²) < 4.78 is 1.51. The van der Waals surface area contributed by atoms with Gasteiger partial charge in [0.05, 0.1) is 0 Å². The number of H-pyrrole nitrogens is 1. The van der Waals surface area contributed by atoms with Crippen LogP contribution in [0.15, 0.2) is 21.9 Å². The van der Waals surface area contributed by atoms with E-state index in [1.54, 1.807) is 0 Å². The lowest BCUT2D eigenvalue weighted by atomic mass is 10.3. The van der Waals surface area contributed by atoms with Crippen LogP contribution in [-0.2, 0) is 6.54 Å². The van der Waals surface area contributed by atoms with Crippen molar-refractivity contribution in [2.45, 2.75) is 19.4 Å². The fourth-order valence-corrected chi connectivity index (χ4v) is 1.20. The van der Waals surface area contributed by atoms with E-state index >= 15 is 0 Å². The molecule has 78 valence electrons. The monoisotopic (exact) mass is 197 g/mol. The molecule has 0 radical (unpaired) electrons. The fraction of sp³-hybridized carbons (Fsp3) is 0.556. The van der Waals surface area contributed by atoms with E-state index in [1.165, 1.54) is 16.8 Å². The zero-order valence-electron chi connectivity index (χ0n) is 8.25. The van der Waals surface area contributed by atoms with Gasteiger partial charge in [-0.05, 0) is 26.4 Å². The van der Waals surface area contributed by atoms with E-state index in [0.29, 0.717) is 6.54 Å². The van der Waals surface area contributed by atoms with Gasteiger partial charge in [-0.15, -0.1) is 0 Å². The van der Waals surface area contributed by atoms with Crippen LogP contribution in [0.25, 0.3) is 0 Å². The summed E-state index contributed by atoms with van der Waals surface area (Å²) in [6.45, 7) is 1.59. The summed E-state index contributed by atoms with van der Waals surface area (Å²) in [5.74, 6) is 0. The molecule has 5 heteroatoms. The van der Waals surface area contributed by atoms with Crippen molar-refractivity contribution in [2.24, 2.45) is 0 Å². The molecule has 1 heterocycles. The topological polar surface area (TPSA) is 66.9 Å². The molecule has 1 aromatic heterocycles. The van der Waals surface area contributed by atoms with Crippen molar-refractivity contribution >= 4 is 0 Å². The molecule has 5 nitrogen and oxygen atoms in total. The minimum Gasteiger partial charge on any atom is -0.320 e. The minimum atomic E-state index is -0.346. The van der Waals surface area contributed by atoms with Crippen LogP contribution >= 0.6 is 0 Å². The average molecular weight is 197 g/mol. The highest BCUT2D eigenvalue weighted by Gasteiger charge is 1.95. The van der Waals surface area contributed by atoms with Gasteiger partial charge in [0.15, 0.2) is 0 Å². The Labute approximate surface area is 81.8 Å². The van der Waals surface area contributed by atoms with Gasteiger partial charge in [0.25, 0.3) is 5.56 Å². The summed E-state index contributed by atoms with van der Waals surface area (Å²) in [7, 11) is 1.90. The van der Waals surface area contributed by atoms with Crippen molar-refractivity contribution in [3.05, 3.63) is 33.1 Å². The first-order chi connectivity index (χ1) is 6.74. The molecule has 0 bridgehead atoms. The lowest BCUT2D eigenvalue weighted by Gasteiger charge is -2.03. The molecule has 2 N–H and O–H groups in total. The first-order valence-corrected chi connectivity index (χ1v) is 4.68. The third-order valence-electron chi connectivity index (χ3n) is 1.97. The van der Waals surface area contributed by atoms with Crippen molar-refractivity contribution < 1.29 is 0 Å². The Morgan fingerprint density at radius 3 is 2.86 bits per heavy atom. The maximum absolute atomic E-state index is 11.2. The van der Waals surface area contributed by atoms with Crippen molar-refractivity contribution in [3.63, 3.8) is 0 Å². The van der Waals surface area contributed by atoms with Crippen molar-refractivity contribution in [2.75, 3.05) is 13.6 Å². The third-order valence-corrected chi connectivity index (χ3v) is 1.97. The van der Waals surface area contributed by atoms with Crippen LogP contribution in [0.4, 0.5) is 0 Å². The summed E-state index contributed by atoms with van der Waals surface area (Å²) in [5, 5.41) is 3.03. The van der Waals surface area contributed by atoms with Gasteiger partial charge in [-0.1, -0.05) is 0 Å². The largest absolute Gasteiger partial charge is 0.328 e. The number of unbranched alkanes of at least 4 members (excludes halogenated alkanes) is 1. The zero-order valence-corrected chi connectivity index (χ0v) is 8.25. The highest BCUT2D eigenvalue weighted by atomic mass is 16.2. The summed E-state index contributed by atoms with van der Waals surface area (Å²) in [4.78, 5) is 24.2. The van der Waals surface area contributed by atoms with Crippen molar-refractivity contribution in [1.82, 2.24) is 14.9 Å². The molecule has 0 aliphatic heterocycles. The van der Waals surface area contributed by atoms with Crippen LogP contribution in [-0.4, -0.2) is 23.1 Å². The third kappa shape index (κ3) is 3.18. The van der Waals surface area contributed by atoms with Crippen molar-refractivity contribution in [3.8, 4) is 0 Å². The smallest absolute Gasteiger partial charge is 0.320 e. The van der Waals surface area contributed by atoms with Gasteiger partial charge < -0.3 is 9.88 Å². The first-order valence-electron chi connectivity index (χ1n) is 4.68. The molecule has 0 atom stereocenters. The van der Waals surface area contributed by atoms with Gasteiger partial charge in [-0.2, -0.15) is 0 Å². The molecular weight excluding hydrogens is 182 g/mol. The SMILES string of the molecule is CNCCCCn1ccc(=O)[nH]c1=O.